The van der Waals surface area contributed by atoms with E-state index in [0.717, 1.165) is 67.6 Å². The molecule has 1 aromatic carbocycles. The lowest BCUT2D eigenvalue weighted by Crippen LogP contribution is -2.45. The van der Waals surface area contributed by atoms with Crippen molar-refractivity contribution < 1.29 is 13.7 Å². The van der Waals surface area contributed by atoms with Gasteiger partial charge in [0.1, 0.15) is 17.3 Å². The summed E-state index contributed by atoms with van der Waals surface area (Å²) < 4.78 is 19.1. The highest BCUT2D eigenvalue weighted by atomic mass is 32.2. The van der Waals surface area contributed by atoms with Gasteiger partial charge in [0.15, 0.2) is 5.82 Å². The average Bonchev–Trinajstić information content (AvgIpc) is 3.20. The second kappa shape index (κ2) is 11.6. The minimum Gasteiger partial charge on any atom is -0.464 e. The van der Waals surface area contributed by atoms with E-state index >= 15 is 0 Å². The molecule has 1 fully saturated rings. The number of furan rings is 1. The van der Waals surface area contributed by atoms with E-state index in [-0.39, 0.29) is 5.82 Å². The summed E-state index contributed by atoms with van der Waals surface area (Å²) in [5.41, 5.74) is 1.06. The first-order valence-electron chi connectivity index (χ1n) is 10.2. The Morgan fingerprint density at radius 3 is 2.58 bits per heavy atom. The standard InChI is InChI=1S/C21H28FN5O3S/c1-23-21(15-27(28)29)24-8-13-31-16-20-7-6-19(30-20)14-25-9-11-26(12-10-25)18-4-2-17(22)3-5-18/h2-7,15,23-24H,8-14,16H2,1H3/b21-15+. The lowest BCUT2D eigenvalue weighted by atomic mass is 10.2. The first-order chi connectivity index (χ1) is 15.0. The van der Waals surface area contributed by atoms with E-state index in [0.29, 0.717) is 12.4 Å². The molecule has 2 aromatic rings. The number of rotatable bonds is 11. The first kappa shape index (κ1) is 23.0. The SMILES string of the molecule is CN/C(=C\[N+](=O)[O-])NCCSCc1ccc(CN2CCN(c3ccc(F)cc3)CC2)o1. The van der Waals surface area contributed by atoms with Gasteiger partial charge in [0.25, 0.3) is 6.20 Å². The van der Waals surface area contributed by atoms with Gasteiger partial charge in [-0.3, -0.25) is 15.0 Å². The zero-order valence-corrected chi connectivity index (χ0v) is 18.4. The fourth-order valence-electron chi connectivity index (χ4n) is 3.36. The van der Waals surface area contributed by atoms with E-state index in [1.54, 1.807) is 18.8 Å². The molecule has 0 unspecified atom stereocenters. The maximum absolute atomic E-state index is 13.1. The molecule has 2 N–H and O–H groups in total. The molecule has 1 aliphatic heterocycles. The van der Waals surface area contributed by atoms with Crippen molar-refractivity contribution in [1.29, 1.82) is 0 Å². The minimum atomic E-state index is -0.487. The van der Waals surface area contributed by atoms with Crippen LogP contribution in [0.2, 0.25) is 0 Å². The minimum absolute atomic E-state index is 0.208. The normalized spacial score (nSPS) is 15.2. The van der Waals surface area contributed by atoms with Crippen LogP contribution >= 0.6 is 11.8 Å². The number of halogens is 1. The van der Waals surface area contributed by atoms with Crippen LogP contribution in [-0.2, 0) is 12.3 Å². The fourth-order valence-corrected chi connectivity index (χ4v) is 4.10. The van der Waals surface area contributed by atoms with Crippen molar-refractivity contribution in [2.75, 3.05) is 50.4 Å². The molecule has 0 radical (unpaired) electrons. The maximum atomic E-state index is 13.1. The summed E-state index contributed by atoms with van der Waals surface area (Å²) in [5.74, 6) is 3.63. The lowest BCUT2D eigenvalue weighted by Gasteiger charge is -2.35. The van der Waals surface area contributed by atoms with Gasteiger partial charge in [0.05, 0.1) is 17.2 Å². The van der Waals surface area contributed by atoms with Gasteiger partial charge in [0.2, 0.25) is 0 Å². The van der Waals surface area contributed by atoms with E-state index in [9.17, 15) is 14.5 Å². The number of thioether (sulfide) groups is 1. The van der Waals surface area contributed by atoms with Crippen molar-refractivity contribution in [1.82, 2.24) is 15.5 Å². The Balaban J connectivity index is 1.35. The molecule has 8 nitrogen and oxygen atoms in total. The van der Waals surface area contributed by atoms with Crippen molar-refractivity contribution >= 4 is 17.4 Å². The highest BCUT2D eigenvalue weighted by Crippen LogP contribution is 2.20. The molecule has 0 atom stereocenters. The molecule has 0 saturated carbocycles. The second-order valence-electron chi connectivity index (χ2n) is 7.17. The van der Waals surface area contributed by atoms with Gasteiger partial charge in [-0.15, -0.1) is 0 Å². The molecule has 0 aliphatic carbocycles. The summed E-state index contributed by atoms with van der Waals surface area (Å²) in [6.07, 6.45) is 0.920. The molecule has 1 aromatic heterocycles. The van der Waals surface area contributed by atoms with Crippen LogP contribution in [0.25, 0.3) is 0 Å². The topological polar surface area (TPSA) is 86.8 Å². The molecule has 0 spiro atoms. The number of nitro groups is 1. The fraction of sp³-hybridized carbons (Fsp3) is 0.429. The van der Waals surface area contributed by atoms with Crippen LogP contribution in [0.5, 0.6) is 0 Å². The van der Waals surface area contributed by atoms with Crippen LogP contribution in [0.1, 0.15) is 11.5 Å². The Kier molecular flexibility index (Phi) is 8.60. The highest BCUT2D eigenvalue weighted by molar-refractivity contribution is 7.98. The third kappa shape index (κ3) is 7.48. The molecule has 3 rings (SSSR count). The number of anilines is 1. The smallest absolute Gasteiger partial charge is 0.274 e. The van der Waals surface area contributed by atoms with Gasteiger partial charge in [0, 0.05) is 51.2 Å². The average molecular weight is 450 g/mol. The van der Waals surface area contributed by atoms with Crippen LogP contribution in [0, 0.1) is 15.9 Å². The molecular formula is C21H28FN5O3S. The van der Waals surface area contributed by atoms with Crippen LogP contribution in [0.3, 0.4) is 0 Å². The predicted octanol–water partition coefficient (Wildman–Crippen LogP) is 2.86. The highest BCUT2D eigenvalue weighted by Gasteiger charge is 2.18. The zero-order chi connectivity index (χ0) is 22.1. The predicted molar refractivity (Wildman–Crippen MR) is 121 cm³/mol. The summed E-state index contributed by atoms with van der Waals surface area (Å²) in [6.45, 7) is 5.07. The maximum Gasteiger partial charge on any atom is 0.274 e. The lowest BCUT2D eigenvalue weighted by molar-refractivity contribution is -0.404. The number of piperazine rings is 1. The van der Waals surface area contributed by atoms with E-state index in [1.165, 1.54) is 12.1 Å². The van der Waals surface area contributed by atoms with Gasteiger partial charge < -0.3 is 20.0 Å². The second-order valence-corrected chi connectivity index (χ2v) is 8.27. The Morgan fingerprint density at radius 1 is 1.19 bits per heavy atom. The van der Waals surface area contributed by atoms with Gasteiger partial charge in [-0.2, -0.15) is 11.8 Å². The van der Waals surface area contributed by atoms with Crippen LogP contribution < -0.4 is 15.5 Å². The number of hydrogen-bond acceptors (Lipinski definition) is 8. The van der Waals surface area contributed by atoms with E-state index in [1.807, 2.05) is 24.3 Å². The summed E-state index contributed by atoms with van der Waals surface area (Å²) >= 11 is 1.71. The molecule has 168 valence electrons. The Hall–Kier alpha value is -2.72. The monoisotopic (exact) mass is 449 g/mol. The number of hydrogen-bond donors (Lipinski definition) is 2. The van der Waals surface area contributed by atoms with Crippen LogP contribution in [0.15, 0.2) is 52.8 Å². The molecule has 10 heteroatoms. The molecule has 1 aliphatic rings. The summed E-state index contributed by atoms with van der Waals surface area (Å²) in [4.78, 5) is 14.6. The number of benzene rings is 1. The van der Waals surface area contributed by atoms with Gasteiger partial charge >= 0.3 is 0 Å². The molecule has 2 heterocycles. The van der Waals surface area contributed by atoms with E-state index in [2.05, 4.69) is 20.4 Å². The molecule has 1 saturated heterocycles. The van der Waals surface area contributed by atoms with Gasteiger partial charge in [-0.25, -0.2) is 4.39 Å². The zero-order valence-electron chi connectivity index (χ0n) is 17.6. The molecule has 0 amide bonds. The summed E-state index contributed by atoms with van der Waals surface area (Å²) in [5, 5.41) is 16.2. The van der Waals surface area contributed by atoms with Gasteiger partial charge in [-0.05, 0) is 36.4 Å². The largest absolute Gasteiger partial charge is 0.464 e. The number of nitrogens with zero attached hydrogens (tertiary/aromatic N) is 3. The van der Waals surface area contributed by atoms with Crippen LogP contribution in [-0.4, -0.2) is 55.3 Å². The first-order valence-corrected chi connectivity index (χ1v) is 11.3. The molecular weight excluding hydrogens is 421 g/mol. The van der Waals surface area contributed by atoms with E-state index < -0.39 is 4.92 Å². The van der Waals surface area contributed by atoms with Gasteiger partial charge in [-0.1, -0.05) is 0 Å². The van der Waals surface area contributed by atoms with Crippen LogP contribution in [0.4, 0.5) is 10.1 Å². The summed E-state index contributed by atoms with van der Waals surface area (Å²) in [6, 6.07) is 10.7. The van der Waals surface area contributed by atoms with Crippen molar-refractivity contribution in [2.24, 2.45) is 0 Å². The van der Waals surface area contributed by atoms with Crippen molar-refractivity contribution in [2.45, 2.75) is 12.3 Å². The summed E-state index contributed by atoms with van der Waals surface area (Å²) in [7, 11) is 1.64. The molecule has 0 bridgehead atoms. The third-order valence-corrected chi connectivity index (χ3v) is 5.95. The van der Waals surface area contributed by atoms with Crippen molar-refractivity contribution in [3.8, 4) is 0 Å². The van der Waals surface area contributed by atoms with Crippen molar-refractivity contribution in [3.05, 3.63) is 75.9 Å². The Bertz CT molecular complexity index is 866. The number of nitrogens with one attached hydrogen (secondary N) is 2. The Morgan fingerprint density at radius 2 is 1.90 bits per heavy atom. The quantitative estimate of drug-likeness (QED) is 0.308. The molecule has 31 heavy (non-hydrogen) atoms. The van der Waals surface area contributed by atoms with E-state index in [4.69, 9.17) is 4.42 Å². The third-order valence-electron chi connectivity index (χ3n) is 4.97. The Labute approximate surface area is 185 Å². The van der Waals surface area contributed by atoms with Crippen molar-refractivity contribution in [3.63, 3.8) is 0 Å².